The second kappa shape index (κ2) is 11.8. The highest BCUT2D eigenvalue weighted by Crippen LogP contribution is 2.26. The van der Waals surface area contributed by atoms with E-state index < -0.39 is 0 Å². The second-order valence-electron chi connectivity index (χ2n) is 8.70. The predicted octanol–water partition coefficient (Wildman–Crippen LogP) is 6.64. The molecular formula is C28H26Br2N4O3. The number of anilines is 1. The van der Waals surface area contributed by atoms with Gasteiger partial charge in [0.05, 0.1) is 21.6 Å². The summed E-state index contributed by atoms with van der Waals surface area (Å²) in [6.45, 7) is 5.93. The van der Waals surface area contributed by atoms with Gasteiger partial charge in [0.25, 0.3) is 11.5 Å². The number of hydrogen-bond donors (Lipinski definition) is 1. The molecule has 0 spiro atoms. The molecule has 0 radical (unpaired) electrons. The average Bonchev–Trinajstić information content (AvgIpc) is 2.88. The van der Waals surface area contributed by atoms with Gasteiger partial charge in [0.15, 0.2) is 6.61 Å². The third kappa shape index (κ3) is 6.53. The van der Waals surface area contributed by atoms with Crippen LogP contribution in [0.15, 0.2) is 79.5 Å². The summed E-state index contributed by atoms with van der Waals surface area (Å²) < 4.78 is 8.52. The fourth-order valence-corrected chi connectivity index (χ4v) is 4.47. The lowest BCUT2D eigenvalue weighted by Gasteiger charge is -2.14. The molecule has 1 heterocycles. The van der Waals surface area contributed by atoms with Crippen molar-refractivity contribution in [2.75, 3.05) is 11.9 Å². The van der Waals surface area contributed by atoms with Crippen LogP contribution in [-0.2, 0) is 4.79 Å². The lowest BCUT2D eigenvalue weighted by molar-refractivity contribution is -0.118. The van der Waals surface area contributed by atoms with E-state index in [1.807, 2.05) is 63.2 Å². The normalized spacial score (nSPS) is 12.1. The van der Waals surface area contributed by atoms with Gasteiger partial charge >= 0.3 is 0 Å². The maximum atomic E-state index is 13.3. The van der Waals surface area contributed by atoms with E-state index in [0.29, 0.717) is 32.6 Å². The molecule has 4 rings (SSSR count). The summed E-state index contributed by atoms with van der Waals surface area (Å²) >= 11 is 6.92. The molecule has 1 atom stereocenters. The maximum absolute atomic E-state index is 13.3. The molecule has 190 valence electrons. The van der Waals surface area contributed by atoms with Crippen LogP contribution < -0.4 is 15.6 Å². The zero-order valence-corrected chi connectivity index (χ0v) is 23.8. The highest BCUT2D eigenvalue weighted by Gasteiger charge is 2.16. The van der Waals surface area contributed by atoms with Gasteiger partial charge in [-0.25, -0.2) is 4.98 Å². The van der Waals surface area contributed by atoms with Gasteiger partial charge in [0, 0.05) is 16.1 Å². The molecule has 0 bridgehead atoms. The fourth-order valence-electron chi connectivity index (χ4n) is 3.60. The van der Waals surface area contributed by atoms with Crippen molar-refractivity contribution in [2.45, 2.75) is 33.1 Å². The number of halogens is 2. The third-order valence-corrected chi connectivity index (χ3v) is 6.97. The van der Waals surface area contributed by atoms with Gasteiger partial charge in [0.1, 0.15) is 11.6 Å². The monoisotopic (exact) mass is 624 g/mol. The van der Waals surface area contributed by atoms with Crippen LogP contribution in [0.1, 0.15) is 43.1 Å². The van der Waals surface area contributed by atoms with Gasteiger partial charge in [-0.3, -0.25) is 9.59 Å². The summed E-state index contributed by atoms with van der Waals surface area (Å²) in [6, 6.07) is 18.4. The molecule has 1 amide bonds. The molecule has 0 saturated heterocycles. The topological polar surface area (TPSA) is 85.6 Å². The Morgan fingerprint density at radius 2 is 1.89 bits per heavy atom. The Kier molecular flexibility index (Phi) is 8.56. The van der Waals surface area contributed by atoms with Gasteiger partial charge in [-0.1, -0.05) is 47.5 Å². The molecule has 1 N–H and O–H groups in total. The Morgan fingerprint density at radius 1 is 1.14 bits per heavy atom. The standard InChI is InChI=1S/C28H26Br2N4O3/c1-4-18(3)27-33-24-11-8-20(29)14-22(24)28(36)34(27)31-15-19-7-12-25(23(30)13-19)37-16-26(35)32-21-9-5-17(2)6-10-21/h5-15,18H,4,16H2,1-3H3,(H,32,35)/t18-/m1/s1. The van der Waals surface area contributed by atoms with E-state index >= 15 is 0 Å². The quantitative estimate of drug-likeness (QED) is 0.222. The molecule has 0 fully saturated rings. The number of rotatable bonds is 8. The van der Waals surface area contributed by atoms with E-state index in [4.69, 9.17) is 9.72 Å². The number of ether oxygens (including phenoxy) is 1. The summed E-state index contributed by atoms with van der Waals surface area (Å²) in [4.78, 5) is 30.3. The van der Waals surface area contributed by atoms with Crippen LogP contribution in [0.5, 0.6) is 5.75 Å². The van der Waals surface area contributed by atoms with Crippen LogP contribution in [0.4, 0.5) is 5.69 Å². The molecule has 9 heteroatoms. The SMILES string of the molecule is CC[C@@H](C)c1nc2ccc(Br)cc2c(=O)n1N=Cc1ccc(OCC(=O)Nc2ccc(C)cc2)c(Br)c1. The van der Waals surface area contributed by atoms with Crippen molar-refractivity contribution in [1.82, 2.24) is 9.66 Å². The van der Waals surface area contributed by atoms with Crippen LogP contribution in [0.25, 0.3) is 10.9 Å². The molecule has 0 unspecified atom stereocenters. The number of carbonyl (C=O) groups is 1. The zero-order valence-electron chi connectivity index (χ0n) is 20.7. The molecule has 0 aliphatic heterocycles. The fraction of sp³-hybridized carbons (Fsp3) is 0.214. The van der Waals surface area contributed by atoms with Crippen LogP contribution in [-0.4, -0.2) is 28.4 Å². The van der Waals surface area contributed by atoms with E-state index in [0.717, 1.165) is 22.0 Å². The summed E-state index contributed by atoms with van der Waals surface area (Å²) in [6.07, 6.45) is 2.43. The first-order valence-electron chi connectivity index (χ1n) is 11.8. The molecule has 3 aromatic carbocycles. The van der Waals surface area contributed by atoms with E-state index in [1.54, 1.807) is 24.4 Å². The van der Waals surface area contributed by atoms with Crippen LogP contribution >= 0.6 is 31.9 Å². The predicted molar refractivity (Wildman–Crippen MR) is 155 cm³/mol. The third-order valence-electron chi connectivity index (χ3n) is 5.86. The van der Waals surface area contributed by atoms with Crippen molar-refractivity contribution in [2.24, 2.45) is 5.10 Å². The summed E-state index contributed by atoms with van der Waals surface area (Å²) in [5, 5.41) is 7.80. The highest BCUT2D eigenvalue weighted by molar-refractivity contribution is 9.10. The van der Waals surface area contributed by atoms with Gasteiger partial charge in [-0.05, 0) is 83.4 Å². The van der Waals surface area contributed by atoms with Crippen LogP contribution in [0.2, 0.25) is 0 Å². The van der Waals surface area contributed by atoms with Crippen molar-refractivity contribution in [1.29, 1.82) is 0 Å². The van der Waals surface area contributed by atoms with Crippen molar-refractivity contribution in [3.8, 4) is 5.75 Å². The van der Waals surface area contributed by atoms with E-state index in [1.165, 1.54) is 4.68 Å². The van der Waals surface area contributed by atoms with Gasteiger partial charge < -0.3 is 10.1 Å². The molecule has 0 saturated carbocycles. The first-order valence-corrected chi connectivity index (χ1v) is 13.4. The Morgan fingerprint density at radius 3 is 2.59 bits per heavy atom. The first kappa shape index (κ1) is 26.8. The highest BCUT2D eigenvalue weighted by atomic mass is 79.9. The Hall–Kier alpha value is -3.30. The Balaban J connectivity index is 1.52. The number of aromatic nitrogens is 2. The molecular weight excluding hydrogens is 600 g/mol. The minimum Gasteiger partial charge on any atom is -0.483 e. The minimum absolute atomic E-state index is 0.0477. The summed E-state index contributed by atoms with van der Waals surface area (Å²) in [7, 11) is 0. The van der Waals surface area contributed by atoms with Crippen LogP contribution in [0, 0.1) is 6.92 Å². The zero-order chi connectivity index (χ0) is 26.5. The van der Waals surface area contributed by atoms with E-state index in [2.05, 4.69) is 42.3 Å². The number of aryl methyl sites for hydroxylation is 1. The minimum atomic E-state index is -0.256. The molecule has 7 nitrogen and oxygen atoms in total. The number of carbonyl (C=O) groups excluding carboxylic acids is 1. The number of nitrogens with one attached hydrogen (secondary N) is 1. The van der Waals surface area contributed by atoms with E-state index in [9.17, 15) is 9.59 Å². The lowest BCUT2D eigenvalue weighted by Crippen LogP contribution is -2.23. The van der Waals surface area contributed by atoms with Crippen molar-refractivity contribution < 1.29 is 9.53 Å². The largest absolute Gasteiger partial charge is 0.483 e. The second-order valence-corrected chi connectivity index (χ2v) is 10.5. The Labute approximate surface area is 231 Å². The molecule has 0 aliphatic rings. The number of benzene rings is 3. The molecule has 37 heavy (non-hydrogen) atoms. The number of nitrogens with zero attached hydrogens (tertiary/aromatic N) is 3. The van der Waals surface area contributed by atoms with Gasteiger partial charge in [-0.2, -0.15) is 9.78 Å². The molecule has 4 aromatic rings. The summed E-state index contributed by atoms with van der Waals surface area (Å²) in [5.74, 6) is 0.920. The maximum Gasteiger partial charge on any atom is 0.282 e. The first-order chi connectivity index (χ1) is 17.7. The van der Waals surface area contributed by atoms with E-state index in [-0.39, 0.29) is 24.0 Å². The van der Waals surface area contributed by atoms with Crippen molar-refractivity contribution in [3.05, 3.63) is 96.9 Å². The smallest absolute Gasteiger partial charge is 0.282 e. The van der Waals surface area contributed by atoms with Crippen molar-refractivity contribution in [3.63, 3.8) is 0 Å². The van der Waals surface area contributed by atoms with Gasteiger partial charge in [0.2, 0.25) is 0 Å². The molecule has 0 aliphatic carbocycles. The number of hydrogen-bond acceptors (Lipinski definition) is 5. The van der Waals surface area contributed by atoms with Crippen molar-refractivity contribution >= 4 is 60.6 Å². The van der Waals surface area contributed by atoms with Gasteiger partial charge in [-0.15, -0.1) is 0 Å². The Bertz CT molecular complexity index is 1530. The molecule has 1 aromatic heterocycles. The average molecular weight is 626 g/mol. The van der Waals surface area contributed by atoms with Crippen LogP contribution in [0.3, 0.4) is 0 Å². The number of fused-ring (bicyclic) bond motifs is 1. The number of amides is 1. The lowest BCUT2D eigenvalue weighted by atomic mass is 10.1. The summed E-state index contributed by atoms with van der Waals surface area (Å²) in [5.41, 5.74) is 3.00.